The summed E-state index contributed by atoms with van der Waals surface area (Å²) in [6.07, 6.45) is 5.27. The molecule has 2 fully saturated rings. The van der Waals surface area contributed by atoms with Gasteiger partial charge in [-0.3, -0.25) is 4.79 Å². The number of nitrogens with two attached hydrogens (primary N) is 1. The highest BCUT2D eigenvalue weighted by atomic mass is 79.9. The van der Waals surface area contributed by atoms with Gasteiger partial charge in [-0.15, -0.1) is 12.4 Å². The Hall–Kier alpha value is -0.780. The van der Waals surface area contributed by atoms with Gasteiger partial charge in [0.1, 0.15) is 5.75 Å². The van der Waals surface area contributed by atoms with Crippen LogP contribution in [-0.4, -0.2) is 17.1 Å². The van der Waals surface area contributed by atoms with Crippen molar-refractivity contribution in [2.45, 2.75) is 38.1 Å². The number of phenolic OH excluding ortho intramolecular Hbond substituents is 1. The van der Waals surface area contributed by atoms with Crippen molar-refractivity contribution < 1.29 is 9.90 Å². The number of carbonyl (C=O) groups excluding carboxylic acids is 1. The summed E-state index contributed by atoms with van der Waals surface area (Å²) >= 11 is 3.35. The number of carbonyl (C=O) groups is 1. The van der Waals surface area contributed by atoms with Gasteiger partial charge in [0.15, 0.2) is 0 Å². The summed E-state index contributed by atoms with van der Waals surface area (Å²) in [5, 5.41) is 12.7. The Kier molecular flexibility index (Phi) is 5.75. The maximum absolute atomic E-state index is 12.5. The molecule has 0 aromatic heterocycles. The van der Waals surface area contributed by atoms with Crippen LogP contribution in [-0.2, 0) is 4.79 Å². The van der Waals surface area contributed by atoms with Crippen molar-refractivity contribution in [1.29, 1.82) is 0 Å². The minimum Gasteiger partial charge on any atom is -0.506 e. The van der Waals surface area contributed by atoms with E-state index < -0.39 is 0 Å². The second-order valence-electron chi connectivity index (χ2n) is 6.35. The summed E-state index contributed by atoms with van der Waals surface area (Å²) in [7, 11) is 0. The molecular formula is C16H22BrClN2O2. The number of phenols is 1. The van der Waals surface area contributed by atoms with Crippen LogP contribution >= 0.6 is 28.3 Å². The lowest BCUT2D eigenvalue weighted by Crippen LogP contribution is -2.48. The van der Waals surface area contributed by atoms with Crippen molar-refractivity contribution in [2.24, 2.45) is 23.5 Å². The Morgan fingerprint density at radius 1 is 1.27 bits per heavy atom. The van der Waals surface area contributed by atoms with Crippen molar-refractivity contribution in [3.8, 4) is 5.75 Å². The average Bonchev–Trinajstić information content (AvgIpc) is 2.42. The van der Waals surface area contributed by atoms with E-state index in [-0.39, 0.29) is 36.0 Å². The first-order valence-corrected chi connectivity index (χ1v) is 8.39. The van der Waals surface area contributed by atoms with Gasteiger partial charge in [-0.1, -0.05) is 22.4 Å². The van der Waals surface area contributed by atoms with Crippen molar-refractivity contribution in [1.82, 2.24) is 0 Å². The standard InChI is InChI=1S/C16H21BrN2O2.ClH/c17-12-4-5-14(20)13(8-12)19-16(21)11-6-9-2-1-3-10(7-11)15(9)18;/h4-5,8-11,15,20H,1-3,6-7,18H2,(H,19,21);1H. The fourth-order valence-electron chi connectivity index (χ4n) is 3.85. The molecule has 0 aliphatic heterocycles. The summed E-state index contributed by atoms with van der Waals surface area (Å²) in [5.41, 5.74) is 6.73. The Balaban J connectivity index is 0.00000176. The zero-order valence-corrected chi connectivity index (χ0v) is 14.7. The van der Waals surface area contributed by atoms with E-state index in [1.54, 1.807) is 18.2 Å². The molecular weight excluding hydrogens is 368 g/mol. The summed E-state index contributed by atoms with van der Waals surface area (Å²) in [6.45, 7) is 0. The van der Waals surface area contributed by atoms with Crippen LogP contribution in [0.25, 0.3) is 0 Å². The van der Waals surface area contributed by atoms with Crippen LogP contribution in [0.2, 0.25) is 0 Å². The van der Waals surface area contributed by atoms with E-state index in [0.29, 0.717) is 17.5 Å². The lowest BCUT2D eigenvalue weighted by atomic mass is 9.65. The molecule has 0 spiro atoms. The van der Waals surface area contributed by atoms with Gasteiger partial charge in [0.2, 0.25) is 5.91 Å². The Morgan fingerprint density at radius 2 is 1.91 bits per heavy atom. The minimum absolute atomic E-state index is 0. The number of benzene rings is 1. The average molecular weight is 390 g/mol. The minimum atomic E-state index is 0. The first-order chi connectivity index (χ1) is 10.0. The van der Waals surface area contributed by atoms with Crippen LogP contribution in [0, 0.1) is 17.8 Å². The molecule has 0 heterocycles. The van der Waals surface area contributed by atoms with Crippen molar-refractivity contribution in [2.75, 3.05) is 5.32 Å². The highest BCUT2D eigenvalue weighted by molar-refractivity contribution is 9.10. The smallest absolute Gasteiger partial charge is 0.227 e. The predicted octanol–water partition coefficient (Wildman–Crippen LogP) is 3.67. The Morgan fingerprint density at radius 3 is 2.55 bits per heavy atom. The fourth-order valence-corrected chi connectivity index (χ4v) is 4.21. The van der Waals surface area contributed by atoms with Gasteiger partial charge in [-0.2, -0.15) is 0 Å². The molecule has 22 heavy (non-hydrogen) atoms. The summed E-state index contributed by atoms with van der Waals surface area (Å²) < 4.78 is 0.832. The molecule has 2 aliphatic carbocycles. The first kappa shape index (κ1) is 17.6. The molecule has 2 saturated carbocycles. The molecule has 3 rings (SSSR count). The molecule has 4 nitrogen and oxygen atoms in total. The van der Waals surface area contributed by atoms with Gasteiger partial charge < -0.3 is 16.2 Å². The summed E-state index contributed by atoms with van der Waals surface area (Å²) in [4.78, 5) is 12.5. The third-order valence-electron chi connectivity index (χ3n) is 5.00. The van der Waals surface area contributed by atoms with Crippen LogP contribution < -0.4 is 11.1 Å². The number of fused-ring (bicyclic) bond motifs is 2. The van der Waals surface area contributed by atoms with Crippen molar-refractivity contribution >= 4 is 39.9 Å². The van der Waals surface area contributed by atoms with Crippen LogP contribution in [0.4, 0.5) is 5.69 Å². The quantitative estimate of drug-likeness (QED) is 0.676. The largest absolute Gasteiger partial charge is 0.506 e. The highest BCUT2D eigenvalue weighted by Gasteiger charge is 2.40. The molecule has 1 aromatic carbocycles. The number of hydrogen-bond acceptors (Lipinski definition) is 3. The van der Waals surface area contributed by atoms with Crippen LogP contribution in [0.1, 0.15) is 32.1 Å². The molecule has 1 aromatic rings. The van der Waals surface area contributed by atoms with Crippen molar-refractivity contribution in [3.63, 3.8) is 0 Å². The van der Waals surface area contributed by atoms with Crippen LogP contribution in [0.3, 0.4) is 0 Å². The second kappa shape index (κ2) is 7.20. The number of halogens is 2. The third-order valence-corrected chi connectivity index (χ3v) is 5.49. The number of nitrogens with one attached hydrogen (secondary N) is 1. The molecule has 2 aliphatic rings. The molecule has 2 atom stereocenters. The second-order valence-corrected chi connectivity index (χ2v) is 7.26. The topological polar surface area (TPSA) is 75.4 Å². The number of aromatic hydroxyl groups is 1. The molecule has 4 N–H and O–H groups in total. The number of hydrogen-bond donors (Lipinski definition) is 3. The van der Waals surface area contributed by atoms with Crippen LogP contribution in [0.15, 0.2) is 22.7 Å². The number of anilines is 1. The van der Waals surface area contributed by atoms with E-state index in [9.17, 15) is 9.90 Å². The van der Waals surface area contributed by atoms with Crippen LogP contribution in [0.5, 0.6) is 5.75 Å². The summed E-state index contributed by atoms with van der Waals surface area (Å²) in [5.74, 6) is 1.07. The molecule has 2 unspecified atom stereocenters. The molecule has 0 radical (unpaired) electrons. The van der Waals surface area contributed by atoms with E-state index in [1.807, 2.05) is 0 Å². The molecule has 6 heteroatoms. The normalized spacial score (nSPS) is 30.3. The number of rotatable bonds is 2. The van der Waals surface area contributed by atoms with E-state index in [0.717, 1.165) is 30.2 Å². The zero-order valence-electron chi connectivity index (χ0n) is 12.3. The fraction of sp³-hybridized carbons (Fsp3) is 0.562. The van der Waals surface area contributed by atoms with E-state index in [2.05, 4.69) is 21.2 Å². The third kappa shape index (κ3) is 3.58. The molecule has 1 amide bonds. The Labute approximate surface area is 145 Å². The first-order valence-electron chi connectivity index (χ1n) is 7.59. The van der Waals surface area contributed by atoms with Gasteiger partial charge >= 0.3 is 0 Å². The van der Waals surface area contributed by atoms with Gasteiger partial charge in [-0.25, -0.2) is 0 Å². The lowest BCUT2D eigenvalue weighted by molar-refractivity contribution is -0.122. The van der Waals surface area contributed by atoms with Gasteiger partial charge in [-0.05, 0) is 55.7 Å². The monoisotopic (exact) mass is 388 g/mol. The highest BCUT2D eigenvalue weighted by Crippen LogP contribution is 2.42. The predicted molar refractivity (Wildman–Crippen MR) is 93.2 cm³/mol. The number of amides is 1. The maximum atomic E-state index is 12.5. The SMILES string of the molecule is Cl.NC1C2CCCC1CC(C(=O)Nc1cc(Br)ccc1O)C2. The molecule has 0 saturated heterocycles. The Bertz CT molecular complexity index is 541. The molecule has 122 valence electrons. The van der Waals surface area contributed by atoms with E-state index in [1.165, 1.54) is 6.42 Å². The van der Waals surface area contributed by atoms with Gasteiger partial charge in [0.05, 0.1) is 5.69 Å². The van der Waals surface area contributed by atoms with E-state index >= 15 is 0 Å². The van der Waals surface area contributed by atoms with Gasteiger partial charge in [0.25, 0.3) is 0 Å². The van der Waals surface area contributed by atoms with Gasteiger partial charge in [0, 0.05) is 16.4 Å². The lowest BCUT2D eigenvalue weighted by Gasteiger charge is -2.43. The maximum Gasteiger partial charge on any atom is 0.227 e. The molecule has 2 bridgehead atoms. The summed E-state index contributed by atoms with van der Waals surface area (Å²) in [6, 6.07) is 5.31. The van der Waals surface area contributed by atoms with Crippen molar-refractivity contribution in [3.05, 3.63) is 22.7 Å². The zero-order chi connectivity index (χ0) is 15.0. The van der Waals surface area contributed by atoms with E-state index in [4.69, 9.17) is 5.73 Å².